The van der Waals surface area contributed by atoms with Gasteiger partial charge in [0.1, 0.15) is 0 Å². The van der Waals surface area contributed by atoms with E-state index in [2.05, 4.69) is 31.3 Å². The van der Waals surface area contributed by atoms with Gasteiger partial charge in [-0.1, -0.05) is 32.1 Å². The average molecular weight is 296 g/mol. The van der Waals surface area contributed by atoms with Crippen LogP contribution in [0.2, 0.25) is 0 Å². The Morgan fingerprint density at radius 1 is 1.36 bits per heavy atom. The van der Waals surface area contributed by atoms with Crippen LogP contribution in [0.1, 0.15) is 58.1 Å². The van der Waals surface area contributed by atoms with Crippen LogP contribution in [-0.2, 0) is 10.3 Å². The highest BCUT2D eigenvalue weighted by Crippen LogP contribution is 2.34. The number of carbonyl (C=O) groups is 1. The first-order valence-electron chi connectivity index (χ1n) is 7.76. The maximum absolute atomic E-state index is 12.5. The molecule has 22 heavy (non-hydrogen) atoms. The molecule has 0 fully saturated rings. The number of allylic oxidation sites excluding steroid dienone is 1. The summed E-state index contributed by atoms with van der Waals surface area (Å²) in [4.78, 5) is 12.5. The Hall–Kier alpha value is -2.08. The Morgan fingerprint density at radius 3 is 2.68 bits per heavy atom. The predicted molar refractivity (Wildman–Crippen MR) is 88.0 cm³/mol. The number of carbonyl (C=O) groups excluding carboxylic acids is 1. The lowest BCUT2D eigenvalue weighted by molar-refractivity contribution is -0.119. The van der Waals surface area contributed by atoms with Crippen LogP contribution in [-0.4, -0.2) is 5.91 Å². The van der Waals surface area contributed by atoms with E-state index in [9.17, 15) is 4.79 Å². The zero-order valence-corrected chi connectivity index (χ0v) is 13.9. The third-order valence-corrected chi connectivity index (χ3v) is 4.40. The van der Waals surface area contributed by atoms with E-state index in [-0.39, 0.29) is 5.91 Å². The van der Waals surface area contributed by atoms with Gasteiger partial charge >= 0.3 is 0 Å². The van der Waals surface area contributed by atoms with Crippen LogP contribution >= 0.6 is 0 Å². The number of nitrogens with zero attached hydrogens (tertiary/aromatic N) is 1. The standard InChI is InChI=1S/C19H24N2O/c1-18(2)10-8-15(9-11-18)17(22)21-19(3,4)16-7-5-6-14(12-16)13-20/h5-8,12H,9-11H2,1-4H3,(H,21,22). The number of nitrogens with one attached hydrogen (secondary N) is 1. The van der Waals surface area contributed by atoms with Crippen molar-refractivity contribution in [3.63, 3.8) is 0 Å². The van der Waals surface area contributed by atoms with Gasteiger partial charge in [-0.25, -0.2) is 0 Å². The molecular formula is C19H24N2O. The molecule has 1 aliphatic carbocycles. The summed E-state index contributed by atoms with van der Waals surface area (Å²) in [5.41, 5.74) is 2.22. The molecule has 1 N–H and O–H groups in total. The lowest BCUT2D eigenvalue weighted by atomic mass is 9.78. The Kier molecular flexibility index (Phi) is 4.42. The van der Waals surface area contributed by atoms with Crippen molar-refractivity contribution in [1.29, 1.82) is 5.26 Å². The van der Waals surface area contributed by atoms with Crippen molar-refractivity contribution in [2.75, 3.05) is 0 Å². The van der Waals surface area contributed by atoms with Crippen molar-refractivity contribution in [2.24, 2.45) is 5.41 Å². The molecule has 0 heterocycles. The molecule has 3 heteroatoms. The van der Waals surface area contributed by atoms with Crippen LogP contribution in [0.15, 0.2) is 35.9 Å². The van der Waals surface area contributed by atoms with Gasteiger partial charge in [0.2, 0.25) is 5.91 Å². The number of benzene rings is 1. The Bertz CT molecular complexity index is 648. The van der Waals surface area contributed by atoms with Gasteiger partial charge in [-0.2, -0.15) is 5.26 Å². The van der Waals surface area contributed by atoms with Gasteiger partial charge in [-0.3, -0.25) is 4.79 Å². The molecule has 3 nitrogen and oxygen atoms in total. The number of hydrogen-bond acceptors (Lipinski definition) is 2. The molecule has 0 bridgehead atoms. The Labute approximate surface area is 133 Å². The highest BCUT2D eigenvalue weighted by molar-refractivity contribution is 5.94. The van der Waals surface area contributed by atoms with E-state index in [0.717, 1.165) is 30.4 Å². The monoisotopic (exact) mass is 296 g/mol. The third-order valence-electron chi connectivity index (χ3n) is 4.40. The quantitative estimate of drug-likeness (QED) is 0.915. The minimum absolute atomic E-state index is 0.00265. The molecule has 1 aliphatic rings. The molecule has 0 saturated carbocycles. The maximum Gasteiger partial charge on any atom is 0.247 e. The molecular weight excluding hydrogens is 272 g/mol. The van der Waals surface area contributed by atoms with Gasteiger partial charge in [-0.15, -0.1) is 0 Å². The van der Waals surface area contributed by atoms with Crippen LogP contribution in [0.5, 0.6) is 0 Å². The summed E-state index contributed by atoms with van der Waals surface area (Å²) in [7, 11) is 0. The summed E-state index contributed by atoms with van der Waals surface area (Å²) < 4.78 is 0. The van der Waals surface area contributed by atoms with E-state index in [1.807, 2.05) is 32.0 Å². The van der Waals surface area contributed by atoms with Crippen LogP contribution < -0.4 is 5.32 Å². The minimum atomic E-state index is -0.502. The van der Waals surface area contributed by atoms with Crippen molar-refractivity contribution >= 4 is 5.91 Å². The second-order valence-electron chi connectivity index (χ2n) is 7.37. The van der Waals surface area contributed by atoms with Gasteiger partial charge in [0.15, 0.2) is 0 Å². The van der Waals surface area contributed by atoms with E-state index in [1.165, 1.54) is 0 Å². The van der Waals surface area contributed by atoms with E-state index in [4.69, 9.17) is 5.26 Å². The summed E-state index contributed by atoms with van der Waals surface area (Å²) >= 11 is 0. The number of nitriles is 1. The summed E-state index contributed by atoms with van der Waals surface area (Å²) in [6.07, 6.45) is 4.88. The maximum atomic E-state index is 12.5. The Balaban J connectivity index is 2.13. The summed E-state index contributed by atoms with van der Waals surface area (Å²) in [5.74, 6) is 0.00265. The second kappa shape index (κ2) is 5.96. The highest BCUT2D eigenvalue weighted by atomic mass is 16.1. The van der Waals surface area contributed by atoms with E-state index in [1.54, 1.807) is 6.07 Å². The molecule has 1 aromatic carbocycles. The van der Waals surface area contributed by atoms with Gasteiger partial charge < -0.3 is 5.32 Å². The SMILES string of the molecule is CC1(C)CC=C(C(=O)NC(C)(C)c2cccc(C#N)c2)CC1. The molecule has 0 saturated heterocycles. The average Bonchev–Trinajstić information content (AvgIpc) is 2.46. The summed E-state index contributed by atoms with van der Waals surface area (Å²) in [6, 6.07) is 9.54. The van der Waals surface area contributed by atoms with Gasteiger partial charge in [-0.05, 0) is 56.2 Å². The van der Waals surface area contributed by atoms with Crippen molar-refractivity contribution in [1.82, 2.24) is 5.32 Å². The van der Waals surface area contributed by atoms with Gasteiger partial charge in [0, 0.05) is 5.57 Å². The summed E-state index contributed by atoms with van der Waals surface area (Å²) in [6.45, 7) is 8.40. The zero-order valence-electron chi connectivity index (χ0n) is 13.9. The zero-order chi connectivity index (χ0) is 16.4. The molecule has 1 amide bonds. The van der Waals surface area contributed by atoms with Crippen LogP contribution in [0.25, 0.3) is 0 Å². The molecule has 0 atom stereocenters. The number of rotatable bonds is 3. The minimum Gasteiger partial charge on any atom is -0.343 e. The fraction of sp³-hybridized carbons (Fsp3) is 0.474. The van der Waals surface area contributed by atoms with E-state index >= 15 is 0 Å². The smallest absolute Gasteiger partial charge is 0.247 e. The van der Waals surface area contributed by atoms with Crippen LogP contribution in [0.3, 0.4) is 0 Å². The fourth-order valence-electron chi connectivity index (χ4n) is 2.70. The lowest BCUT2D eigenvalue weighted by Gasteiger charge is -2.31. The Morgan fingerprint density at radius 2 is 2.09 bits per heavy atom. The first kappa shape index (κ1) is 16.3. The fourth-order valence-corrected chi connectivity index (χ4v) is 2.70. The highest BCUT2D eigenvalue weighted by Gasteiger charge is 2.28. The lowest BCUT2D eigenvalue weighted by Crippen LogP contribution is -2.42. The molecule has 0 aromatic heterocycles. The van der Waals surface area contributed by atoms with Gasteiger partial charge in [0.05, 0.1) is 17.2 Å². The first-order valence-corrected chi connectivity index (χ1v) is 7.76. The molecule has 1 aromatic rings. The van der Waals surface area contributed by atoms with Crippen LogP contribution in [0, 0.1) is 16.7 Å². The first-order chi connectivity index (χ1) is 10.2. The molecule has 0 radical (unpaired) electrons. The van der Waals surface area contributed by atoms with Crippen molar-refractivity contribution in [2.45, 2.75) is 52.5 Å². The second-order valence-corrected chi connectivity index (χ2v) is 7.37. The largest absolute Gasteiger partial charge is 0.343 e. The van der Waals surface area contributed by atoms with E-state index in [0.29, 0.717) is 11.0 Å². The number of hydrogen-bond donors (Lipinski definition) is 1. The van der Waals surface area contributed by atoms with Crippen molar-refractivity contribution in [3.05, 3.63) is 47.0 Å². The molecule has 0 aliphatic heterocycles. The number of amides is 1. The molecule has 0 unspecified atom stereocenters. The predicted octanol–water partition coefficient (Wildman–Crippen LogP) is 4.05. The molecule has 116 valence electrons. The topological polar surface area (TPSA) is 52.9 Å². The van der Waals surface area contributed by atoms with E-state index < -0.39 is 5.54 Å². The molecule has 0 spiro atoms. The van der Waals surface area contributed by atoms with Crippen molar-refractivity contribution < 1.29 is 4.79 Å². The summed E-state index contributed by atoms with van der Waals surface area (Å²) in [5, 5.41) is 12.1. The van der Waals surface area contributed by atoms with Crippen LogP contribution in [0.4, 0.5) is 0 Å². The molecule has 2 rings (SSSR count). The van der Waals surface area contributed by atoms with Gasteiger partial charge in [0.25, 0.3) is 0 Å². The van der Waals surface area contributed by atoms with Crippen molar-refractivity contribution in [3.8, 4) is 6.07 Å². The third kappa shape index (κ3) is 3.76. The normalized spacial score (nSPS) is 17.3.